The monoisotopic (exact) mass is 654 g/mol. The molecule has 0 amide bonds. The molecule has 2 aromatic rings. The van der Waals surface area contributed by atoms with E-state index in [2.05, 4.69) is 31.3 Å². The second-order valence-electron chi connectivity index (χ2n) is 9.13. The zero-order chi connectivity index (χ0) is 34.1. The molecular weight excluding hydrogens is 625 g/mol. The lowest BCUT2D eigenvalue weighted by Crippen LogP contribution is -2.35. The fraction of sp³-hybridized carbons (Fsp3) is 0.423. The molecule has 15 nitrogen and oxygen atoms in total. The second-order valence-corrected chi connectivity index (χ2v) is 10.9. The number of hydrogen-bond donors (Lipinski definition) is 1. The molecule has 0 bridgehead atoms. The fourth-order valence-corrected chi connectivity index (χ4v) is 4.28. The minimum absolute atomic E-state index is 0.0354. The number of benzene rings is 1. The van der Waals surface area contributed by atoms with Gasteiger partial charge in [-0.2, -0.15) is 28.7 Å². The van der Waals surface area contributed by atoms with Gasteiger partial charge in [0.25, 0.3) is 5.95 Å². The standard InChI is InChI=1S/C26H29F3N8O7S/c1-7-36(8-2)20-9-18(35-45(6,40)41)17(10-22(20)42-5)33-34-25-32-19(11-30)21(12-31)37(25)13-16(14-43-23(38)15(3)4)44-24(39)26(27,28)29/h9-10,16,35H,3,7-8,13-14H2,1-2,4-6H3. The van der Waals surface area contributed by atoms with Crippen molar-refractivity contribution in [3.05, 3.63) is 35.7 Å². The molecule has 0 saturated carbocycles. The third-order valence-corrected chi connectivity index (χ3v) is 6.33. The third-order valence-electron chi connectivity index (χ3n) is 5.74. The topological polar surface area (TPSA) is 201 Å². The quantitative estimate of drug-likeness (QED) is 0.176. The number of imidazole rings is 1. The fourth-order valence-electron chi connectivity index (χ4n) is 3.71. The minimum Gasteiger partial charge on any atom is -0.494 e. The molecule has 0 spiro atoms. The maximum absolute atomic E-state index is 13.0. The van der Waals surface area contributed by atoms with Gasteiger partial charge < -0.3 is 19.1 Å². The molecular formula is C26H29F3N8O7S. The lowest BCUT2D eigenvalue weighted by atomic mass is 10.2. The van der Waals surface area contributed by atoms with E-state index >= 15 is 0 Å². The van der Waals surface area contributed by atoms with Crippen molar-refractivity contribution in [2.75, 3.05) is 42.7 Å². The van der Waals surface area contributed by atoms with Gasteiger partial charge in [0.05, 0.1) is 31.3 Å². The van der Waals surface area contributed by atoms with Gasteiger partial charge in [-0.15, -0.1) is 10.2 Å². The number of sulfonamides is 1. The van der Waals surface area contributed by atoms with Crippen molar-refractivity contribution in [3.8, 4) is 17.9 Å². The summed E-state index contributed by atoms with van der Waals surface area (Å²) in [4.78, 5) is 29.3. The molecule has 1 heterocycles. The Labute approximate surface area is 256 Å². The average Bonchev–Trinajstić information content (AvgIpc) is 3.30. The lowest BCUT2D eigenvalue weighted by molar-refractivity contribution is -0.207. The Morgan fingerprint density at radius 1 is 1.20 bits per heavy atom. The van der Waals surface area contributed by atoms with Crippen LogP contribution in [0.15, 0.2) is 34.5 Å². The number of methoxy groups -OCH3 is 1. The van der Waals surface area contributed by atoms with Crippen molar-refractivity contribution in [3.63, 3.8) is 0 Å². The second kappa shape index (κ2) is 15.0. The Balaban J connectivity index is 2.70. The van der Waals surface area contributed by atoms with Crippen molar-refractivity contribution >= 4 is 45.0 Å². The summed E-state index contributed by atoms with van der Waals surface area (Å²) >= 11 is 0. The average molecular weight is 655 g/mol. The molecule has 0 saturated heterocycles. The van der Waals surface area contributed by atoms with Crippen LogP contribution in [0, 0.1) is 22.7 Å². The summed E-state index contributed by atoms with van der Waals surface area (Å²) in [6, 6.07) is 6.13. The van der Waals surface area contributed by atoms with Gasteiger partial charge in [0.15, 0.2) is 17.5 Å². The number of esters is 2. The van der Waals surface area contributed by atoms with Crippen LogP contribution in [0.5, 0.6) is 5.75 Å². The van der Waals surface area contributed by atoms with Crippen LogP contribution in [0.25, 0.3) is 0 Å². The van der Waals surface area contributed by atoms with Gasteiger partial charge in [0.1, 0.15) is 30.2 Å². The Morgan fingerprint density at radius 2 is 1.84 bits per heavy atom. The van der Waals surface area contributed by atoms with E-state index in [9.17, 15) is 41.7 Å². The van der Waals surface area contributed by atoms with Gasteiger partial charge >= 0.3 is 18.1 Å². The van der Waals surface area contributed by atoms with E-state index < -0.39 is 64.7 Å². The molecule has 45 heavy (non-hydrogen) atoms. The molecule has 19 heteroatoms. The van der Waals surface area contributed by atoms with E-state index in [1.54, 1.807) is 12.1 Å². The number of nitrogens with one attached hydrogen (secondary N) is 1. The van der Waals surface area contributed by atoms with Gasteiger partial charge in [-0.25, -0.2) is 18.0 Å². The number of aromatic nitrogens is 2. The van der Waals surface area contributed by atoms with E-state index in [0.29, 0.717) is 18.8 Å². The van der Waals surface area contributed by atoms with E-state index in [-0.39, 0.29) is 22.7 Å². The van der Waals surface area contributed by atoms with Crippen LogP contribution in [0.3, 0.4) is 0 Å². The van der Waals surface area contributed by atoms with Crippen LogP contribution in [0.2, 0.25) is 0 Å². The zero-order valence-electron chi connectivity index (χ0n) is 24.8. The molecule has 1 aromatic heterocycles. The number of alkyl halides is 3. The van der Waals surface area contributed by atoms with Crippen LogP contribution in [-0.4, -0.2) is 75.2 Å². The summed E-state index contributed by atoms with van der Waals surface area (Å²) in [5, 5.41) is 27.1. The number of halogens is 3. The summed E-state index contributed by atoms with van der Waals surface area (Å²) < 4.78 is 81.2. The zero-order valence-corrected chi connectivity index (χ0v) is 25.6. The summed E-state index contributed by atoms with van der Waals surface area (Å²) in [5.74, 6) is -3.85. The van der Waals surface area contributed by atoms with Crippen molar-refractivity contribution in [2.24, 2.45) is 10.2 Å². The number of ether oxygens (including phenoxy) is 3. The molecule has 0 aliphatic carbocycles. The predicted octanol–water partition coefficient (Wildman–Crippen LogP) is 3.86. The van der Waals surface area contributed by atoms with Crippen molar-refractivity contribution < 1.29 is 45.4 Å². The van der Waals surface area contributed by atoms with Crippen molar-refractivity contribution in [1.82, 2.24) is 9.55 Å². The summed E-state index contributed by atoms with van der Waals surface area (Å²) in [6.07, 6.45) is -6.35. The third kappa shape index (κ3) is 9.66. The molecule has 242 valence electrons. The van der Waals surface area contributed by atoms with Gasteiger partial charge in [-0.1, -0.05) is 6.58 Å². The van der Waals surface area contributed by atoms with E-state index in [1.807, 2.05) is 18.7 Å². The summed E-state index contributed by atoms with van der Waals surface area (Å²) in [7, 11) is -2.47. The number of anilines is 2. The highest BCUT2D eigenvalue weighted by atomic mass is 32.2. The first kappa shape index (κ1) is 36.0. The minimum atomic E-state index is -5.41. The Kier molecular flexibility index (Phi) is 12.0. The lowest BCUT2D eigenvalue weighted by Gasteiger charge is -2.24. The van der Waals surface area contributed by atoms with Crippen LogP contribution in [-0.2, 0) is 35.6 Å². The maximum atomic E-state index is 13.0. The Morgan fingerprint density at radius 3 is 2.33 bits per heavy atom. The van der Waals surface area contributed by atoms with Gasteiger partial charge in [-0.05, 0) is 26.8 Å². The molecule has 0 aliphatic heterocycles. The number of nitrogens with zero attached hydrogens (tertiary/aromatic N) is 7. The number of carbonyl (C=O) groups is 2. The molecule has 1 atom stereocenters. The SMILES string of the molecule is C=C(C)C(=O)OCC(Cn1c(N=Nc2cc(OC)c(N(CC)CC)cc2NS(C)(=O)=O)nc(C#N)c1C#N)OC(=O)C(F)(F)F. The summed E-state index contributed by atoms with van der Waals surface area (Å²) in [6.45, 7) is 7.76. The highest BCUT2D eigenvalue weighted by molar-refractivity contribution is 7.92. The van der Waals surface area contributed by atoms with E-state index in [1.165, 1.54) is 26.2 Å². The molecule has 0 aliphatic rings. The number of carbonyl (C=O) groups excluding carboxylic acids is 2. The smallest absolute Gasteiger partial charge is 0.490 e. The van der Waals surface area contributed by atoms with Gasteiger partial charge in [-0.3, -0.25) is 9.29 Å². The van der Waals surface area contributed by atoms with E-state index in [0.717, 1.165) is 10.8 Å². The van der Waals surface area contributed by atoms with Crippen molar-refractivity contribution in [2.45, 2.75) is 39.6 Å². The van der Waals surface area contributed by atoms with Crippen molar-refractivity contribution in [1.29, 1.82) is 10.5 Å². The van der Waals surface area contributed by atoms with Crippen LogP contribution < -0.4 is 14.4 Å². The maximum Gasteiger partial charge on any atom is 0.490 e. The molecule has 2 rings (SSSR count). The largest absolute Gasteiger partial charge is 0.494 e. The van der Waals surface area contributed by atoms with Gasteiger partial charge in [0, 0.05) is 24.7 Å². The Bertz CT molecular complexity index is 1670. The van der Waals surface area contributed by atoms with Crippen LogP contribution in [0.4, 0.5) is 36.2 Å². The Hall–Kier alpha value is -5.17. The number of azo groups is 1. The van der Waals surface area contributed by atoms with E-state index in [4.69, 9.17) is 9.47 Å². The highest BCUT2D eigenvalue weighted by Gasteiger charge is 2.42. The first-order valence-corrected chi connectivity index (χ1v) is 14.8. The highest BCUT2D eigenvalue weighted by Crippen LogP contribution is 2.40. The molecule has 0 fully saturated rings. The number of nitriles is 2. The van der Waals surface area contributed by atoms with Gasteiger partial charge in [0.2, 0.25) is 10.0 Å². The predicted molar refractivity (Wildman–Crippen MR) is 153 cm³/mol. The molecule has 0 radical (unpaired) electrons. The summed E-state index contributed by atoms with van der Waals surface area (Å²) in [5.41, 5.74) is -0.712. The molecule has 1 unspecified atom stereocenters. The molecule has 1 N–H and O–H groups in total. The number of hydrogen-bond acceptors (Lipinski definition) is 13. The first-order chi connectivity index (χ1) is 21.0. The molecule has 1 aromatic carbocycles. The normalized spacial score (nSPS) is 12.1. The first-order valence-electron chi connectivity index (χ1n) is 12.9. The van der Waals surface area contributed by atoms with Crippen LogP contribution >= 0.6 is 0 Å². The number of rotatable bonds is 14. The van der Waals surface area contributed by atoms with Crippen LogP contribution in [0.1, 0.15) is 32.2 Å².